The van der Waals surface area contributed by atoms with Crippen molar-refractivity contribution >= 4 is 34.4 Å². The number of carbonyl (C=O) groups excluding carboxylic acids is 1. The van der Waals surface area contributed by atoms with Gasteiger partial charge in [0.1, 0.15) is 23.1 Å². The predicted octanol–water partition coefficient (Wildman–Crippen LogP) is 6.67. The molecule has 0 bridgehead atoms. The molecule has 0 atom stereocenters. The highest BCUT2D eigenvalue weighted by Gasteiger charge is 2.21. The maximum absolute atomic E-state index is 13.6. The van der Waals surface area contributed by atoms with Crippen LogP contribution in [0.2, 0.25) is 0 Å². The van der Waals surface area contributed by atoms with E-state index >= 15 is 0 Å². The van der Waals surface area contributed by atoms with Gasteiger partial charge in [0, 0.05) is 29.9 Å². The van der Waals surface area contributed by atoms with Gasteiger partial charge in [-0.2, -0.15) is 16.9 Å². The second kappa shape index (κ2) is 12.9. The summed E-state index contributed by atoms with van der Waals surface area (Å²) in [5.41, 5.74) is 3.46. The molecule has 1 amide bonds. The Morgan fingerprint density at radius 3 is 2.55 bits per heavy atom. The quantitative estimate of drug-likeness (QED) is 0.209. The minimum atomic E-state index is -0.610. The standard InChI is InChI=1S/C34H33N5O4S/c1-21-4-6-24(7-5-21)27-20-39(19-23-11-14-44-15-12-23)38-32(33(27)40)34(41)37-31-9-8-25(18-36-31)43-29-10-13-35-28-16-22(2)30(42-3)17-26(28)29/h4-10,13,16-18,20,23H,11-12,14-15,19H2,1-3H3,(H,36,37,41). The number of carbonyl (C=O) groups is 1. The first-order valence-electron chi connectivity index (χ1n) is 14.5. The molecule has 5 aromatic rings. The van der Waals surface area contributed by atoms with Gasteiger partial charge in [-0.15, -0.1) is 0 Å². The molecule has 1 saturated heterocycles. The van der Waals surface area contributed by atoms with Crippen LogP contribution in [0.25, 0.3) is 22.0 Å². The lowest BCUT2D eigenvalue weighted by atomic mass is 10.0. The number of aromatic nitrogens is 4. The Labute approximate surface area is 259 Å². The first kappa shape index (κ1) is 29.4. The first-order valence-corrected chi connectivity index (χ1v) is 15.7. The normalized spacial score (nSPS) is 13.5. The van der Waals surface area contributed by atoms with Crippen molar-refractivity contribution in [2.45, 2.75) is 33.2 Å². The summed E-state index contributed by atoms with van der Waals surface area (Å²) in [7, 11) is 1.63. The predicted molar refractivity (Wildman–Crippen MR) is 174 cm³/mol. The van der Waals surface area contributed by atoms with Crippen LogP contribution >= 0.6 is 11.8 Å². The van der Waals surface area contributed by atoms with Crippen LogP contribution in [0.1, 0.15) is 34.5 Å². The monoisotopic (exact) mass is 607 g/mol. The summed E-state index contributed by atoms with van der Waals surface area (Å²) >= 11 is 1.96. The van der Waals surface area contributed by atoms with Crippen LogP contribution < -0.4 is 20.2 Å². The van der Waals surface area contributed by atoms with Gasteiger partial charge >= 0.3 is 0 Å². The van der Waals surface area contributed by atoms with E-state index in [1.165, 1.54) is 6.20 Å². The molecule has 10 heteroatoms. The fourth-order valence-electron chi connectivity index (χ4n) is 5.29. The van der Waals surface area contributed by atoms with Gasteiger partial charge in [0.2, 0.25) is 5.43 Å². The smallest absolute Gasteiger partial charge is 0.281 e. The van der Waals surface area contributed by atoms with Crippen molar-refractivity contribution in [3.05, 3.63) is 100 Å². The van der Waals surface area contributed by atoms with Crippen molar-refractivity contribution in [2.75, 3.05) is 23.9 Å². The van der Waals surface area contributed by atoms with E-state index in [-0.39, 0.29) is 11.5 Å². The number of rotatable bonds is 8. The molecule has 0 spiro atoms. The number of pyridine rings is 2. The number of hydrogen-bond acceptors (Lipinski definition) is 8. The largest absolute Gasteiger partial charge is 0.496 e. The number of methoxy groups -OCH3 is 1. The summed E-state index contributed by atoms with van der Waals surface area (Å²) in [6.07, 6.45) is 7.14. The zero-order valence-electron chi connectivity index (χ0n) is 24.9. The van der Waals surface area contributed by atoms with Crippen molar-refractivity contribution in [3.63, 3.8) is 0 Å². The fourth-order valence-corrected chi connectivity index (χ4v) is 6.49. The van der Waals surface area contributed by atoms with Gasteiger partial charge in [0.15, 0.2) is 5.69 Å². The van der Waals surface area contributed by atoms with Crippen LogP contribution in [-0.2, 0) is 6.54 Å². The summed E-state index contributed by atoms with van der Waals surface area (Å²) in [5, 5.41) is 8.05. The van der Waals surface area contributed by atoms with E-state index in [1.807, 2.05) is 62.0 Å². The number of nitrogens with zero attached hydrogens (tertiary/aromatic N) is 4. The maximum Gasteiger partial charge on any atom is 0.281 e. The van der Waals surface area contributed by atoms with Crippen LogP contribution in [0.15, 0.2) is 78.0 Å². The van der Waals surface area contributed by atoms with E-state index in [0.717, 1.165) is 57.7 Å². The van der Waals surface area contributed by atoms with Crippen LogP contribution in [0, 0.1) is 19.8 Å². The minimum absolute atomic E-state index is 0.164. The summed E-state index contributed by atoms with van der Waals surface area (Å²) in [6.45, 7) is 4.61. The second-order valence-electron chi connectivity index (χ2n) is 10.9. The molecule has 0 saturated carbocycles. The van der Waals surface area contributed by atoms with Crippen molar-refractivity contribution < 1.29 is 14.3 Å². The first-order chi connectivity index (χ1) is 21.4. The second-order valence-corrected chi connectivity index (χ2v) is 12.2. The lowest BCUT2D eigenvalue weighted by Crippen LogP contribution is -2.29. The van der Waals surface area contributed by atoms with E-state index in [4.69, 9.17) is 9.47 Å². The summed E-state index contributed by atoms with van der Waals surface area (Å²) < 4.78 is 13.3. The van der Waals surface area contributed by atoms with Crippen LogP contribution in [0.4, 0.5) is 5.82 Å². The van der Waals surface area contributed by atoms with E-state index < -0.39 is 11.3 Å². The molecule has 1 aliphatic heterocycles. The van der Waals surface area contributed by atoms with E-state index in [9.17, 15) is 9.59 Å². The topological polar surface area (TPSA) is 108 Å². The average molecular weight is 608 g/mol. The number of amides is 1. The molecule has 0 unspecified atom stereocenters. The Bertz CT molecular complexity index is 1870. The third-order valence-electron chi connectivity index (χ3n) is 7.75. The van der Waals surface area contributed by atoms with E-state index in [2.05, 4.69) is 20.4 Å². The Balaban J connectivity index is 1.24. The van der Waals surface area contributed by atoms with Gasteiger partial charge in [-0.05, 0) is 85.6 Å². The molecule has 0 radical (unpaired) electrons. The van der Waals surface area contributed by atoms with Crippen molar-refractivity contribution in [1.29, 1.82) is 0 Å². The Morgan fingerprint density at radius 2 is 1.82 bits per heavy atom. The zero-order chi connectivity index (χ0) is 30.6. The summed E-state index contributed by atoms with van der Waals surface area (Å²) in [5.74, 6) is 4.15. The SMILES string of the molecule is COc1cc2c(Oc3ccc(NC(=O)c4nn(CC5CCSCC5)cc(-c5ccc(C)cc5)c4=O)nc3)ccnc2cc1C. The third-order valence-corrected chi connectivity index (χ3v) is 8.80. The van der Waals surface area contributed by atoms with Crippen molar-refractivity contribution in [3.8, 4) is 28.4 Å². The summed E-state index contributed by atoms with van der Waals surface area (Å²) in [6, 6.07) is 16.7. The number of benzene rings is 2. The molecule has 224 valence electrons. The van der Waals surface area contributed by atoms with Gasteiger partial charge in [0.05, 0.1) is 18.8 Å². The molecule has 0 aliphatic carbocycles. The molecule has 6 rings (SSSR count). The molecule has 1 aliphatic rings. The van der Waals surface area contributed by atoms with Gasteiger partial charge in [-0.25, -0.2) is 4.98 Å². The number of fused-ring (bicyclic) bond motifs is 1. The van der Waals surface area contributed by atoms with E-state index in [0.29, 0.717) is 29.5 Å². The van der Waals surface area contributed by atoms with Gasteiger partial charge < -0.3 is 14.8 Å². The molecule has 9 nitrogen and oxygen atoms in total. The van der Waals surface area contributed by atoms with Crippen LogP contribution in [0.5, 0.6) is 17.2 Å². The minimum Gasteiger partial charge on any atom is -0.496 e. The maximum atomic E-state index is 13.6. The van der Waals surface area contributed by atoms with Crippen molar-refractivity contribution in [1.82, 2.24) is 19.7 Å². The summed E-state index contributed by atoms with van der Waals surface area (Å²) in [4.78, 5) is 35.8. The van der Waals surface area contributed by atoms with Crippen LogP contribution in [-0.4, -0.2) is 44.3 Å². The molecule has 1 N–H and O–H groups in total. The van der Waals surface area contributed by atoms with Gasteiger partial charge in [-0.3, -0.25) is 19.3 Å². The lowest BCUT2D eigenvalue weighted by molar-refractivity contribution is 0.101. The van der Waals surface area contributed by atoms with Crippen LogP contribution in [0.3, 0.4) is 0 Å². The molecular formula is C34H33N5O4S. The van der Waals surface area contributed by atoms with Gasteiger partial charge in [0.25, 0.3) is 5.91 Å². The number of ether oxygens (including phenoxy) is 2. The molecular weight excluding hydrogens is 574 g/mol. The Kier molecular flexibility index (Phi) is 8.60. The van der Waals surface area contributed by atoms with E-state index in [1.54, 1.807) is 42.4 Å². The Hall–Kier alpha value is -4.70. The molecule has 2 aromatic carbocycles. The number of anilines is 1. The van der Waals surface area contributed by atoms with Crippen molar-refractivity contribution in [2.24, 2.45) is 5.92 Å². The molecule has 44 heavy (non-hydrogen) atoms. The number of aryl methyl sites for hydroxylation is 2. The highest BCUT2D eigenvalue weighted by atomic mass is 32.2. The molecule has 4 heterocycles. The number of nitrogens with one attached hydrogen (secondary N) is 1. The molecule has 3 aromatic heterocycles. The fraction of sp³-hybridized carbons (Fsp3) is 0.265. The Morgan fingerprint density at radius 1 is 1.02 bits per heavy atom. The lowest BCUT2D eigenvalue weighted by Gasteiger charge is -2.22. The molecule has 1 fully saturated rings. The number of thioether (sulfide) groups is 1. The van der Waals surface area contributed by atoms with Gasteiger partial charge in [-0.1, -0.05) is 29.8 Å². The zero-order valence-corrected chi connectivity index (χ0v) is 25.7. The third kappa shape index (κ3) is 6.45. The highest BCUT2D eigenvalue weighted by Crippen LogP contribution is 2.33. The highest BCUT2D eigenvalue weighted by molar-refractivity contribution is 7.99. The number of hydrogen-bond donors (Lipinski definition) is 1. The average Bonchev–Trinajstić information content (AvgIpc) is 3.03.